The Balaban J connectivity index is 2.51. The molecule has 0 radical (unpaired) electrons. The maximum Gasteiger partial charge on any atom is 0.214 e. The Labute approximate surface area is 104 Å². The third-order valence-corrected chi connectivity index (χ3v) is 5.20. The molecule has 0 aromatic heterocycles. The Bertz CT molecular complexity index is 313. The van der Waals surface area contributed by atoms with Crippen molar-refractivity contribution in [2.75, 3.05) is 18.8 Å². The van der Waals surface area contributed by atoms with Gasteiger partial charge in [0.25, 0.3) is 0 Å². The van der Waals surface area contributed by atoms with Crippen molar-refractivity contribution in [3.63, 3.8) is 0 Å². The fourth-order valence-corrected chi connectivity index (χ4v) is 3.76. The van der Waals surface area contributed by atoms with Crippen molar-refractivity contribution in [2.24, 2.45) is 5.41 Å². The Kier molecular flexibility index (Phi) is 4.66. The van der Waals surface area contributed by atoms with Crippen molar-refractivity contribution in [2.45, 2.75) is 45.4 Å². The van der Waals surface area contributed by atoms with Gasteiger partial charge >= 0.3 is 0 Å². The maximum absolute atomic E-state index is 12.0. The average Bonchev–Trinajstić information content (AvgIpc) is 2.15. The SMILES string of the molecule is CC(C)(C)CCS(=O)(=O)N1CCC(Cl)CC1. The predicted molar refractivity (Wildman–Crippen MR) is 68.3 cm³/mol. The number of alkyl halides is 1. The molecule has 3 nitrogen and oxygen atoms in total. The normalized spacial score (nSPS) is 21.2. The van der Waals surface area contributed by atoms with Crippen LogP contribution in [0.2, 0.25) is 0 Å². The molecule has 1 aliphatic rings. The summed E-state index contributed by atoms with van der Waals surface area (Å²) in [5, 5.41) is 0.147. The number of sulfonamides is 1. The summed E-state index contributed by atoms with van der Waals surface area (Å²) < 4.78 is 25.6. The summed E-state index contributed by atoms with van der Waals surface area (Å²) in [6.45, 7) is 7.36. The molecule has 0 aromatic rings. The van der Waals surface area contributed by atoms with Crippen LogP contribution in [0.5, 0.6) is 0 Å². The van der Waals surface area contributed by atoms with E-state index < -0.39 is 10.0 Å². The third-order valence-electron chi connectivity index (χ3n) is 2.89. The van der Waals surface area contributed by atoms with Crippen LogP contribution >= 0.6 is 11.6 Å². The van der Waals surface area contributed by atoms with Crippen LogP contribution < -0.4 is 0 Å². The van der Waals surface area contributed by atoms with Gasteiger partial charge in [-0.2, -0.15) is 0 Å². The standard InChI is InChI=1S/C11H22ClNO2S/c1-11(2,3)6-9-16(14,15)13-7-4-10(12)5-8-13/h10H,4-9H2,1-3H3. The molecule has 1 aliphatic heterocycles. The number of halogens is 1. The first-order valence-electron chi connectivity index (χ1n) is 5.83. The number of hydrogen-bond acceptors (Lipinski definition) is 2. The van der Waals surface area contributed by atoms with E-state index in [4.69, 9.17) is 11.6 Å². The summed E-state index contributed by atoms with van der Waals surface area (Å²) in [4.78, 5) is 0. The fourth-order valence-electron chi connectivity index (χ4n) is 1.67. The van der Waals surface area contributed by atoms with Crippen molar-refractivity contribution in [3.8, 4) is 0 Å². The zero-order valence-electron chi connectivity index (χ0n) is 10.4. The summed E-state index contributed by atoms with van der Waals surface area (Å²) in [6, 6.07) is 0. The van der Waals surface area contributed by atoms with Crippen LogP contribution in [-0.2, 0) is 10.0 Å². The molecule has 96 valence electrons. The first kappa shape index (κ1) is 14.3. The summed E-state index contributed by atoms with van der Waals surface area (Å²) >= 11 is 5.96. The van der Waals surface area contributed by atoms with Gasteiger partial charge in [-0.1, -0.05) is 20.8 Å². The highest BCUT2D eigenvalue weighted by Gasteiger charge is 2.28. The lowest BCUT2D eigenvalue weighted by Gasteiger charge is -2.29. The van der Waals surface area contributed by atoms with Crippen LogP contribution in [0.3, 0.4) is 0 Å². The van der Waals surface area contributed by atoms with Gasteiger partial charge in [0, 0.05) is 18.5 Å². The Morgan fingerprint density at radius 2 is 1.75 bits per heavy atom. The Hall–Kier alpha value is 0.200. The van der Waals surface area contributed by atoms with Crippen LogP contribution in [-0.4, -0.2) is 36.9 Å². The topological polar surface area (TPSA) is 37.4 Å². The lowest BCUT2D eigenvalue weighted by molar-refractivity contribution is 0.341. The van der Waals surface area contributed by atoms with Crippen molar-refractivity contribution in [1.82, 2.24) is 4.31 Å². The van der Waals surface area contributed by atoms with Gasteiger partial charge in [-0.25, -0.2) is 12.7 Å². The monoisotopic (exact) mass is 267 g/mol. The minimum Gasteiger partial charge on any atom is -0.212 e. The molecule has 0 amide bonds. The number of rotatable bonds is 3. The Morgan fingerprint density at radius 1 is 1.25 bits per heavy atom. The predicted octanol–water partition coefficient (Wildman–Crippen LogP) is 2.46. The second kappa shape index (κ2) is 5.23. The molecule has 0 aromatic carbocycles. The smallest absolute Gasteiger partial charge is 0.212 e. The summed E-state index contributed by atoms with van der Waals surface area (Å²) in [7, 11) is -3.07. The minimum absolute atomic E-state index is 0.0673. The van der Waals surface area contributed by atoms with Crippen molar-refractivity contribution < 1.29 is 8.42 Å². The average molecular weight is 268 g/mol. The molecule has 0 atom stereocenters. The molecule has 1 fully saturated rings. The lowest BCUT2D eigenvalue weighted by atomic mass is 9.94. The molecule has 5 heteroatoms. The molecule has 0 N–H and O–H groups in total. The quantitative estimate of drug-likeness (QED) is 0.737. The van der Waals surface area contributed by atoms with Crippen molar-refractivity contribution in [3.05, 3.63) is 0 Å². The molecule has 0 bridgehead atoms. The molecular weight excluding hydrogens is 246 g/mol. The largest absolute Gasteiger partial charge is 0.214 e. The first-order valence-corrected chi connectivity index (χ1v) is 7.87. The second-order valence-electron chi connectivity index (χ2n) is 5.70. The molecule has 0 aliphatic carbocycles. The summed E-state index contributed by atoms with van der Waals surface area (Å²) in [6.07, 6.45) is 2.25. The highest BCUT2D eigenvalue weighted by molar-refractivity contribution is 7.89. The van der Waals surface area contributed by atoms with Gasteiger partial charge in [0.2, 0.25) is 10.0 Å². The number of piperidine rings is 1. The van der Waals surface area contributed by atoms with Gasteiger partial charge < -0.3 is 0 Å². The van der Waals surface area contributed by atoms with E-state index in [0.717, 1.165) is 12.8 Å². The molecule has 1 rings (SSSR count). The molecule has 1 saturated heterocycles. The Morgan fingerprint density at radius 3 is 2.19 bits per heavy atom. The van der Waals surface area contributed by atoms with Crippen LogP contribution in [0, 0.1) is 5.41 Å². The van der Waals surface area contributed by atoms with Crippen molar-refractivity contribution in [1.29, 1.82) is 0 Å². The van der Waals surface area contributed by atoms with Gasteiger partial charge in [-0.05, 0) is 24.7 Å². The van der Waals surface area contributed by atoms with E-state index in [9.17, 15) is 8.42 Å². The molecule has 16 heavy (non-hydrogen) atoms. The second-order valence-corrected chi connectivity index (χ2v) is 8.41. The van der Waals surface area contributed by atoms with Gasteiger partial charge in [0.1, 0.15) is 0 Å². The molecule has 0 saturated carbocycles. The van der Waals surface area contributed by atoms with Crippen LogP contribution in [0.4, 0.5) is 0 Å². The van der Waals surface area contributed by atoms with Crippen LogP contribution in [0.25, 0.3) is 0 Å². The van der Waals surface area contributed by atoms with Gasteiger partial charge in [-0.15, -0.1) is 11.6 Å². The maximum atomic E-state index is 12.0. The van der Waals surface area contributed by atoms with Crippen LogP contribution in [0.1, 0.15) is 40.0 Å². The van der Waals surface area contributed by atoms with Crippen molar-refractivity contribution >= 4 is 21.6 Å². The van der Waals surface area contributed by atoms with Gasteiger partial charge in [-0.3, -0.25) is 0 Å². The summed E-state index contributed by atoms with van der Waals surface area (Å²) in [5.74, 6) is 0.253. The molecular formula is C11H22ClNO2S. The van der Waals surface area contributed by atoms with E-state index in [2.05, 4.69) is 20.8 Å². The number of nitrogens with zero attached hydrogens (tertiary/aromatic N) is 1. The van der Waals surface area contributed by atoms with E-state index in [1.54, 1.807) is 4.31 Å². The molecule has 1 heterocycles. The van der Waals surface area contributed by atoms with Crippen LogP contribution in [0.15, 0.2) is 0 Å². The van der Waals surface area contributed by atoms with E-state index in [1.807, 2.05) is 0 Å². The van der Waals surface area contributed by atoms with Gasteiger partial charge in [0.15, 0.2) is 0 Å². The van der Waals surface area contributed by atoms with E-state index in [-0.39, 0.29) is 16.5 Å². The van der Waals surface area contributed by atoms with E-state index >= 15 is 0 Å². The highest BCUT2D eigenvalue weighted by Crippen LogP contribution is 2.23. The zero-order valence-corrected chi connectivity index (χ0v) is 11.9. The minimum atomic E-state index is -3.07. The fraction of sp³-hybridized carbons (Fsp3) is 1.00. The van der Waals surface area contributed by atoms with E-state index in [0.29, 0.717) is 19.5 Å². The highest BCUT2D eigenvalue weighted by atomic mass is 35.5. The van der Waals surface area contributed by atoms with E-state index in [1.165, 1.54) is 0 Å². The molecule has 0 spiro atoms. The first-order chi connectivity index (χ1) is 7.21. The zero-order chi connectivity index (χ0) is 12.4. The number of hydrogen-bond donors (Lipinski definition) is 0. The summed E-state index contributed by atoms with van der Waals surface area (Å²) in [5.41, 5.74) is 0.0673. The lowest BCUT2D eigenvalue weighted by Crippen LogP contribution is -2.40. The third kappa shape index (κ3) is 4.60. The molecule has 0 unspecified atom stereocenters. The van der Waals surface area contributed by atoms with Gasteiger partial charge in [0.05, 0.1) is 5.75 Å².